The van der Waals surface area contributed by atoms with Gasteiger partial charge in [0.2, 0.25) is 0 Å². The Labute approximate surface area is 66.4 Å². The molecule has 1 unspecified atom stereocenters. The molecule has 0 aromatic carbocycles. The minimum absolute atomic E-state index is 0.775. The van der Waals surface area contributed by atoms with Crippen molar-refractivity contribution in [3.8, 4) is 0 Å². The van der Waals surface area contributed by atoms with Crippen molar-refractivity contribution in [2.75, 3.05) is 0 Å². The SMILES string of the molecule is C=C(CC)C(C)[Si](C)(C)C. The lowest BCUT2D eigenvalue weighted by molar-refractivity contribution is 0.947. The van der Waals surface area contributed by atoms with Crippen LogP contribution in [-0.4, -0.2) is 8.07 Å². The molecule has 0 aromatic heterocycles. The molecule has 0 spiro atoms. The molecule has 0 bridgehead atoms. The lowest BCUT2D eigenvalue weighted by atomic mass is 10.2. The highest BCUT2D eigenvalue weighted by molar-refractivity contribution is 6.78. The molecule has 0 N–H and O–H groups in total. The fourth-order valence-corrected chi connectivity index (χ4v) is 2.35. The summed E-state index contributed by atoms with van der Waals surface area (Å²) in [6.07, 6.45) is 1.14. The molecule has 0 aliphatic rings. The minimum Gasteiger partial charge on any atom is -0.0999 e. The molecule has 0 saturated heterocycles. The molecule has 0 nitrogen and oxygen atoms in total. The molecule has 0 amide bonds. The van der Waals surface area contributed by atoms with Crippen molar-refractivity contribution in [3.05, 3.63) is 12.2 Å². The Morgan fingerprint density at radius 1 is 1.40 bits per heavy atom. The van der Waals surface area contributed by atoms with Crippen molar-refractivity contribution in [1.29, 1.82) is 0 Å². The highest BCUT2D eigenvalue weighted by Crippen LogP contribution is 2.29. The molecule has 0 heterocycles. The maximum Gasteiger partial charge on any atom is 0.0513 e. The first-order valence-corrected chi connectivity index (χ1v) is 7.65. The highest BCUT2D eigenvalue weighted by atomic mass is 28.3. The third-order valence-corrected chi connectivity index (χ3v) is 5.37. The van der Waals surface area contributed by atoms with Crippen LogP contribution in [0.5, 0.6) is 0 Å². The van der Waals surface area contributed by atoms with Gasteiger partial charge in [-0.1, -0.05) is 45.6 Å². The summed E-state index contributed by atoms with van der Waals surface area (Å²) in [6.45, 7) is 15.8. The van der Waals surface area contributed by atoms with E-state index >= 15 is 0 Å². The second kappa shape index (κ2) is 3.38. The van der Waals surface area contributed by atoms with Crippen molar-refractivity contribution in [3.63, 3.8) is 0 Å². The van der Waals surface area contributed by atoms with Crippen LogP contribution >= 0.6 is 0 Å². The zero-order valence-corrected chi connectivity index (χ0v) is 8.99. The summed E-state index contributed by atoms with van der Waals surface area (Å²) in [5.41, 5.74) is 2.21. The quantitative estimate of drug-likeness (QED) is 0.432. The Kier molecular flexibility index (Phi) is 3.36. The number of hydrogen-bond donors (Lipinski definition) is 0. The second-order valence-corrected chi connectivity index (χ2v) is 9.70. The molecular formula is C9H20Si. The third kappa shape index (κ3) is 2.69. The van der Waals surface area contributed by atoms with Gasteiger partial charge in [-0.15, -0.1) is 0 Å². The molecule has 0 aromatic rings. The van der Waals surface area contributed by atoms with Crippen LogP contribution in [0.4, 0.5) is 0 Å². The van der Waals surface area contributed by atoms with Crippen LogP contribution in [0.2, 0.25) is 25.2 Å². The zero-order valence-electron chi connectivity index (χ0n) is 7.99. The molecule has 10 heavy (non-hydrogen) atoms. The fourth-order valence-electron chi connectivity index (χ4n) is 0.919. The molecule has 0 fully saturated rings. The van der Waals surface area contributed by atoms with Crippen molar-refractivity contribution in [1.82, 2.24) is 0 Å². The van der Waals surface area contributed by atoms with Gasteiger partial charge in [0, 0.05) is 0 Å². The summed E-state index contributed by atoms with van der Waals surface area (Å²) >= 11 is 0. The summed E-state index contributed by atoms with van der Waals surface area (Å²) < 4.78 is 0. The largest absolute Gasteiger partial charge is 0.0999 e. The molecule has 0 radical (unpaired) electrons. The van der Waals surface area contributed by atoms with Crippen molar-refractivity contribution in [2.24, 2.45) is 0 Å². The topological polar surface area (TPSA) is 0 Å². The van der Waals surface area contributed by atoms with Crippen LogP contribution in [0.15, 0.2) is 12.2 Å². The molecule has 0 aliphatic carbocycles. The van der Waals surface area contributed by atoms with E-state index in [4.69, 9.17) is 0 Å². The predicted octanol–water partition coefficient (Wildman–Crippen LogP) is 3.68. The normalized spacial score (nSPS) is 14.9. The Balaban J connectivity index is 4.08. The van der Waals surface area contributed by atoms with E-state index in [1.807, 2.05) is 0 Å². The van der Waals surface area contributed by atoms with Gasteiger partial charge in [-0.05, 0) is 12.0 Å². The number of allylic oxidation sites excluding steroid dienone is 1. The van der Waals surface area contributed by atoms with Crippen LogP contribution in [0, 0.1) is 0 Å². The van der Waals surface area contributed by atoms with E-state index < -0.39 is 8.07 Å². The van der Waals surface area contributed by atoms with E-state index in [1.165, 1.54) is 5.57 Å². The lowest BCUT2D eigenvalue weighted by Gasteiger charge is -2.26. The Hall–Kier alpha value is -0.0431. The third-order valence-electron chi connectivity index (χ3n) is 2.37. The molecule has 0 rings (SSSR count). The molecule has 1 atom stereocenters. The maximum atomic E-state index is 4.07. The van der Waals surface area contributed by atoms with E-state index in [1.54, 1.807) is 0 Å². The lowest BCUT2D eigenvalue weighted by Crippen LogP contribution is -2.26. The summed E-state index contributed by atoms with van der Waals surface area (Å²) in [6, 6.07) is 0. The van der Waals surface area contributed by atoms with Gasteiger partial charge < -0.3 is 0 Å². The van der Waals surface area contributed by atoms with Gasteiger partial charge in [0.15, 0.2) is 0 Å². The maximum absolute atomic E-state index is 4.07. The Bertz CT molecular complexity index is 119. The van der Waals surface area contributed by atoms with Gasteiger partial charge >= 0.3 is 0 Å². The first-order valence-electron chi connectivity index (χ1n) is 4.07. The molecule has 0 aliphatic heterocycles. The van der Waals surface area contributed by atoms with E-state index in [2.05, 4.69) is 40.1 Å². The number of hydrogen-bond acceptors (Lipinski definition) is 0. The first-order chi connectivity index (χ1) is 4.39. The summed E-state index contributed by atoms with van der Waals surface area (Å²) in [7, 11) is -0.944. The zero-order chi connectivity index (χ0) is 8.36. The average molecular weight is 156 g/mol. The van der Waals surface area contributed by atoms with Gasteiger partial charge in [-0.2, -0.15) is 0 Å². The van der Waals surface area contributed by atoms with Crippen LogP contribution in [0.1, 0.15) is 20.3 Å². The Morgan fingerprint density at radius 2 is 1.80 bits per heavy atom. The monoisotopic (exact) mass is 156 g/mol. The molecule has 1 heteroatoms. The van der Waals surface area contributed by atoms with Crippen LogP contribution in [0.3, 0.4) is 0 Å². The van der Waals surface area contributed by atoms with Gasteiger partial charge in [0.25, 0.3) is 0 Å². The molecule has 0 saturated carbocycles. The van der Waals surface area contributed by atoms with Crippen molar-refractivity contribution in [2.45, 2.75) is 45.5 Å². The van der Waals surface area contributed by atoms with Crippen LogP contribution in [0.25, 0.3) is 0 Å². The minimum atomic E-state index is -0.944. The van der Waals surface area contributed by atoms with E-state index in [0.717, 1.165) is 12.0 Å². The fraction of sp³-hybridized carbons (Fsp3) is 0.778. The van der Waals surface area contributed by atoms with Gasteiger partial charge in [0.05, 0.1) is 8.07 Å². The molecule has 60 valence electrons. The average Bonchev–Trinajstić information content (AvgIpc) is 1.83. The van der Waals surface area contributed by atoms with E-state index in [9.17, 15) is 0 Å². The number of rotatable bonds is 3. The Morgan fingerprint density at radius 3 is 1.90 bits per heavy atom. The second-order valence-electron chi connectivity index (χ2n) is 4.10. The highest BCUT2D eigenvalue weighted by Gasteiger charge is 2.23. The van der Waals surface area contributed by atoms with Crippen molar-refractivity contribution < 1.29 is 0 Å². The summed E-state index contributed by atoms with van der Waals surface area (Å²) in [5.74, 6) is 0. The van der Waals surface area contributed by atoms with E-state index in [0.29, 0.717) is 0 Å². The van der Waals surface area contributed by atoms with Crippen LogP contribution in [-0.2, 0) is 0 Å². The summed E-state index contributed by atoms with van der Waals surface area (Å²) in [5, 5.41) is 0. The predicted molar refractivity (Wildman–Crippen MR) is 52.2 cm³/mol. The summed E-state index contributed by atoms with van der Waals surface area (Å²) in [4.78, 5) is 0. The van der Waals surface area contributed by atoms with Gasteiger partial charge in [-0.25, -0.2) is 0 Å². The van der Waals surface area contributed by atoms with Crippen LogP contribution < -0.4 is 0 Å². The smallest absolute Gasteiger partial charge is 0.0513 e. The first kappa shape index (κ1) is 9.96. The van der Waals surface area contributed by atoms with E-state index in [-0.39, 0.29) is 0 Å². The van der Waals surface area contributed by atoms with Crippen molar-refractivity contribution >= 4 is 8.07 Å². The molecular weight excluding hydrogens is 136 g/mol. The van der Waals surface area contributed by atoms with Gasteiger partial charge in [0.1, 0.15) is 0 Å². The van der Waals surface area contributed by atoms with Gasteiger partial charge in [-0.3, -0.25) is 0 Å². The standard InChI is InChI=1S/C9H20Si/c1-7-8(2)9(3)10(4,5)6/h9H,2,7H2,1,3-6H3.